The predicted molar refractivity (Wildman–Crippen MR) is 54.2 cm³/mol. The van der Waals surface area contributed by atoms with E-state index in [9.17, 15) is 4.79 Å². The smallest absolute Gasteiger partial charge is 0.310 e. The summed E-state index contributed by atoms with van der Waals surface area (Å²) in [7, 11) is 2.89. The monoisotopic (exact) mass is 259 g/mol. The molecule has 0 aliphatic rings. The first-order valence-corrected chi connectivity index (χ1v) is 4.72. The van der Waals surface area contributed by atoms with Gasteiger partial charge in [0, 0.05) is 11.8 Å². The van der Waals surface area contributed by atoms with Crippen LogP contribution in [0.2, 0.25) is 0 Å². The molecule has 4 nitrogen and oxygen atoms in total. The normalized spacial score (nSPS) is 9.64. The van der Waals surface area contributed by atoms with E-state index in [1.54, 1.807) is 19.4 Å². The van der Waals surface area contributed by atoms with Crippen molar-refractivity contribution in [1.82, 2.24) is 4.98 Å². The third-order valence-corrected chi connectivity index (χ3v) is 2.41. The molecular formula is C9H10BrNO3. The summed E-state index contributed by atoms with van der Waals surface area (Å²) >= 11 is 3.25. The molecule has 0 N–H and O–H groups in total. The Bertz CT molecular complexity index is 341. The number of halogens is 1. The fourth-order valence-corrected chi connectivity index (χ4v) is 1.47. The van der Waals surface area contributed by atoms with Crippen molar-refractivity contribution >= 4 is 21.9 Å². The van der Waals surface area contributed by atoms with Crippen LogP contribution in [0.4, 0.5) is 0 Å². The van der Waals surface area contributed by atoms with Crippen LogP contribution in [0.1, 0.15) is 5.56 Å². The van der Waals surface area contributed by atoms with E-state index in [4.69, 9.17) is 4.74 Å². The van der Waals surface area contributed by atoms with Gasteiger partial charge < -0.3 is 9.47 Å². The number of rotatable bonds is 3. The number of methoxy groups -OCH3 is 2. The average Bonchev–Trinajstić information content (AvgIpc) is 2.20. The van der Waals surface area contributed by atoms with Crippen molar-refractivity contribution < 1.29 is 14.3 Å². The quantitative estimate of drug-likeness (QED) is 0.611. The van der Waals surface area contributed by atoms with Crippen LogP contribution < -0.4 is 4.74 Å². The summed E-state index contributed by atoms with van der Waals surface area (Å²) < 4.78 is 10.3. The Morgan fingerprint density at radius 1 is 1.57 bits per heavy atom. The third-order valence-electron chi connectivity index (χ3n) is 1.73. The maximum atomic E-state index is 11.1. The zero-order valence-electron chi connectivity index (χ0n) is 7.91. The molecule has 0 radical (unpaired) electrons. The summed E-state index contributed by atoms with van der Waals surface area (Å²) in [5, 5.41) is 0. The average molecular weight is 260 g/mol. The molecule has 14 heavy (non-hydrogen) atoms. The maximum Gasteiger partial charge on any atom is 0.310 e. The second-order valence-electron chi connectivity index (χ2n) is 2.54. The number of hydrogen-bond acceptors (Lipinski definition) is 4. The number of nitrogens with zero attached hydrogens (tertiary/aromatic N) is 1. The highest BCUT2D eigenvalue weighted by atomic mass is 79.9. The second kappa shape index (κ2) is 4.95. The van der Waals surface area contributed by atoms with E-state index >= 15 is 0 Å². The number of carbonyl (C=O) groups excluding carboxylic acids is 1. The van der Waals surface area contributed by atoms with Gasteiger partial charge in [0.2, 0.25) is 0 Å². The zero-order valence-corrected chi connectivity index (χ0v) is 9.50. The molecule has 0 aromatic carbocycles. The van der Waals surface area contributed by atoms with Crippen molar-refractivity contribution in [2.75, 3.05) is 14.2 Å². The van der Waals surface area contributed by atoms with Crippen LogP contribution in [0, 0.1) is 0 Å². The van der Waals surface area contributed by atoms with Crippen LogP contribution in [0.25, 0.3) is 0 Å². The van der Waals surface area contributed by atoms with Crippen molar-refractivity contribution in [3.8, 4) is 5.75 Å². The molecule has 1 aromatic rings. The van der Waals surface area contributed by atoms with Gasteiger partial charge in [-0.25, -0.2) is 4.98 Å². The minimum Gasteiger partial charge on any atom is -0.496 e. The van der Waals surface area contributed by atoms with Gasteiger partial charge in [0.25, 0.3) is 0 Å². The maximum absolute atomic E-state index is 11.1. The molecule has 1 rings (SSSR count). The van der Waals surface area contributed by atoms with Crippen molar-refractivity contribution in [3.63, 3.8) is 0 Å². The minimum absolute atomic E-state index is 0.147. The first kappa shape index (κ1) is 11.0. The largest absolute Gasteiger partial charge is 0.496 e. The SMILES string of the molecule is COC(=O)Cc1c(OC)ccnc1Br. The fraction of sp³-hybridized carbons (Fsp3) is 0.333. The topological polar surface area (TPSA) is 48.4 Å². The van der Waals surface area contributed by atoms with Gasteiger partial charge in [0.05, 0.1) is 20.6 Å². The highest BCUT2D eigenvalue weighted by Gasteiger charge is 2.12. The van der Waals surface area contributed by atoms with Gasteiger partial charge in [0.15, 0.2) is 0 Å². The third kappa shape index (κ3) is 2.45. The first-order valence-electron chi connectivity index (χ1n) is 3.93. The van der Waals surface area contributed by atoms with Crippen LogP contribution in [0.3, 0.4) is 0 Å². The molecule has 5 heteroatoms. The Morgan fingerprint density at radius 2 is 2.29 bits per heavy atom. The second-order valence-corrected chi connectivity index (χ2v) is 3.29. The van der Waals surface area contributed by atoms with E-state index in [1.807, 2.05) is 0 Å². The van der Waals surface area contributed by atoms with E-state index in [1.165, 1.54) is 7.11 Å². The van der Waals surface area contributed by atoms with E-state index in [-0.39, 0.29) is 12.4 Å². The van der Waals surface area contributed by atoms with Crippen molar-refractivity contribution in [2.45, 2.75) is 6.42 Å². The molecule has 0 fully saturated rings. The number of pyridine rings is 1. The molecule has 1 aromatic heterocycles. The summed E-state index contributed by atoms with van der Waals surface area (Å²) in [6.07, 6.45) is 1.75. The molecule has 0 spiro atoms. The molecule has 0 bridgehead atoms. The Hall–Kier alpha value is -1.10. The van der Waals surface area contributed by atoms with E-state index < -0.39 is 0 Å². The lowest BCUT2D eigenvalue weighted by Gasteiger charge is -2.08. The number of ether oxygens (including phenoxy) is 2. The van der Waals surface area contributed by atoms with Gasteiger partial charge in [-0.1, -0.05) is 0 Å². The Balaban J connectivity index is 2.98. The zero-order chi connectivity index (χ0) is 10.6. The van der Waals surface area contributed by atoms with Gasteiger partial charge >= 0.3 is 5.97 Å². The van der Waals surface area contributed by atoms with Gasteiger partial charge in [-0.15, -0.1) is 0 Å². The lowest BCUT2D eigenvalue weighted by atomic mass is 10.2. The first-order chi connectivity index (χ1) is 6.69. The molecule has 0 aliphatic heterocycles. The summed E-state index contributed by atoms with van der Waals surface area (Å²) in [6, 6.07) is 1.70. The van der Waals surface area contributed by atoms with Crippen molar-refractivity contribution in [3.05, 3.63) is 22.4 Å². The van der Waals surface area contributed by atoms with E-state index in [0.717, 1.165) is 0 Å². The Labute approximate surface area is 90.4 Å². The van der Waals surface area contributed by atoms with E-state index in [2.05, 4.69) is 25.7 Å². The molecule has 0 aliphatic carbocycles. The molecule has 1 heterocycles. The molecule has 0 amide bonds. The van der Waals surface area contributed by atoms with Crippen LogP contribution in [-0.2, 0) is 16.0 Å². The molecule has 0 saturated carbocycles. The van der Waals surface area contributed by atoms with Gasteiger partial charge in [-0.2, -0.15) is 0 Å². The van der Waals surface area contributed by atoms with Crippen LogP contribution in [0.15, 0.2) is 16.9 Å². The van der Waals surface area contributed by atoms with Crippen molar-refractivity contribution in [2.24, 2.45) is 0 Å². The van der Waals surface area contributed by atoms with Gasteiger partial charge in [-0.05, 0) is 22.0 Å². The molecular weight excluding hydrogens is 250 g/mol. The molecule has 0 unspecified atom stereocenters. The number of aromatic nitrogens is 1. The Kier molecular flexibility index (Phi) is 3.88. The number of esters is 1. The van der Waals surface area contributed by atoms with Crippen molar-refractivity contribution in [1.29, 1.82) is 0 Å². The highest BCUT2D eigenvalue weighted by molar-refractivity contribution is 9.10. The van der Waals surface area contributed by atoms with Gasteiger partial charge in [-0.3, -0.25) is 4.79 Å². The molecule has 76 valence electrons. The van der Waals surface area contributed by atoms with Crippen LogP contribution >= 0.6 is 15.9 Å². The van der Waals surface area contributed by atoms with Crippen LogP contribution in [0.5, 0.6) is 5.75 Å². The summed E-state index contributed by atoms with van der Waals surface area (Å²) in [4.78, 5) is 15.1. The lowest BCUT2D eigenvalue weighted by molar-refractivity contribution is -0.139. The molecule has 0 atom stereocenters. The summed E-state index contributed by atoms with van der Waals surface area (Å²) in [5.74, 6) is 0.300. The van der Waals surface area contributed by atoms with Crippen LogP contribution in [-0.4, -0.2) is 25.2 Å². The lowest BCUT2D eigenvalue weighted by Crippen LogP contribution is -2.07. The summed E-state index contributed by atoms with van der Waals surface area (Å²) in [5.41, 5.74) is 0.696. The number of hydrogen-bond donors (Lipinski definition) is 0. The standard InChI is InChI=1S/C9H10BrNO3/c1-13-7-3-4-11-9(10)6(7)5-8(12)14-2/h3-4H,5H2,1-2H3. The Morgan fingerprint density at radius 3 is 2.86 bits per heavy atom. The van der Waals surface area contributed by atoms with E-state index in [0.29, 0.717) is 15.9 Å². The minimum atomic E-state index is -0.322. The number of carbonyl (C=O) groups is 1. The molecule has 0 saturated heterocycles. The predicted octanol–water partition coefficient (Wildman–Crippen LogP) is 1.57. The summed E-state index contributed by atoms with van der Waals surface area (Å²) in [6.45, 7) is 0. The van der Waals surface area contributed by atoms with Gasteiger partial charge in [0.1, 0.15) is 10.4 Å². The fourth-order valence-electron chi connectivity index (χ4n) is 1.02. The highest BCUT2D eigenvalue weighted by Crippen LogP contribution is 2.24.